The highest BCUT2D eigenvalue weighted by molar-refractivity contribution is 5.92. The number of nitrogens with zero attached hydrogens (tertiary/aromatic N) is 2. The number of aromatic nitrogens is 1. The molecule has 0 radical (unpaired) electrons. The maximum atomic E-state index is 12.8. The van der Waals surface area contributed by atoms with Gasteiger partial charge in [0.25, 0.3) is 0 Å². The molecular weight excluding hydrogens is 293 g/mol. The van der Waals surface area contributed by atoms with Crippen LogP contribution in [0.2, 0.25) is 0 Å². The van der Waals surface area contributed by atoms with E-state index in [0.29, 0.717) is 11.8 Å². The zero-order chi connectivity index (χ0) is 15.7. The topological polar surface area (TPSA) is 33.2 Å². The molecule has 3 atom stereocenters. The van der Waals surface area contributed by atoms with E-state index in [1.165, 1.54) is 18.7 Å². The molecule has 1 aromatic heterocycles. The molecule has 0 spiro atoms. The monoisotopic (exact) mass is 312 g/mol. The van der Waals surface area contributed by atoms with Gasteiger partial charge in [0, 0.05) is 12.6 Å². The minimum absolute atomic E-state index is 0.0768. The largest absolute Gasteiger partial charge is 0.406 e. The van der Waals surface area contributed by atoms with Crippen molar-refractivity contribution < 1.29 is 18.0 Å². The molecule has 0 aliphatic heterocycles. The Morgan fingerprint density at radius 2 is 2.09 bits per heavy atom. The van der Waals surface area contributed by atoms with Crippen molar-refractivity contribution in [2.24, 2.45) is 17.8 Å². The number of carbonyl (C=O) groups is 1. The Labute approximate surface area is 127 Å². The number of carbonyl (C=O) groups excluding carboxylic acids is 1. The van der Waals surface area contributed by atoms with Crippen LogP contribution in [0.25, 0.3) is 0 Å². The SMILES string of the molecule is O=C(C[C@@H]1C[C@H]2CC[C@H]1C2)N(CC(F)(F)F)c1ccccn1. The van der Waals surface area contributed by atoms with Gasteiger partial charge in [-0.3, -0.25) is 9.69 Å². The number of hydrogen-bond acceptors (Lipinski definition) is 2. The Bertz CT molecular complexity index is 532. The van der Waals surface area contributed by atoms with Crippen LogP contribution in [0.5, 0.6) is 0 Å². The summed E-state index contributed by atoms with van der Waals surface area (Å²) in [6, 6.07) is 4.66. The van der Waals surface area contributed by atoms with Gasteiger partial charge in [-0.15, -0.1) is 0 Å². The highest BCUT2D eigenvalue weighted by Crippen LogP contribution is 2.49. The summed E-state index contributed by atoms with van der Waals surface area (Å²) >= 11 is 0. The third-order valence-corrected chi connectivity index (χ3v) is 4.89. The molecule has 3 nitrogen and oxygen atoms in total. The number of rotatable bonds is 4. The summed E-state index contributed by atoms with van der Waals surface area (Å²) < 4.78 is 38.4. The third kappa shape index (κ3) is 3.42. The maximum Gasteiger partial charge on any atom is 0.406 e. The Kier molecular flexibility index (Phi) is 4.10. The maximum absolute atomic E-state index is 12.8. The molecule has 2 bridgehead atoms. The second-order valence-electron chi connectivity index (χ2n) is 6.42. The molecule has 2 fully saturated rings. The fourth-order valence-electron chi connectivity index (χ4n) is 3.95. The van der Waals surface area contributed by atoms with Crippen molar-refractivity contribution >= 4 is 11.7 Å². The van der Waals surface area contributed by atoms with Crippen LogP contribution in [0.4, 0.5) is 19.0 Å². The highest BCUT2D eigenvalue weighted by Gasteiger charge is 2.42. The van der Waals surface area contributed by atoms with Crippen molar-refractivity contribution in [3.05, 3.63) is 24.4 Å². The van der Waals surface area contributed by atoms with E-state index in [9.17, 15) is 18.0 Å². The van der Waals surface area contributed by atoms with E-state index in [1.807, 2.05) is 0 Å². The van der Waals surface area contributed by atoms with Gasteiger partial charge in [-0.1, -0.05) is 12.5 Å². The second-order valence-corrected chi connectivity index (χ2v) is 6.42. The van der Waals surface area contributed by atoms with Gasteiger partial charge in [0.2, 0.25) is 5.91 Å². The van der Waals surface area contributed by atoms with Crippen LogP contribution in [-0.4, -0.2) is 23.6 Å². The molecule has 2 aliphatic rings. The average Bonchev–Trinajstić information content (AvgIpc) is 3.07. The fourth-order valence-corrected chi connectivity index (χ4v) is 3.95. The van der Waals surface area contributed by atoms with Crippen molar-refractivity contribution in [3.63, 3.8) is 0 Å². The van der Waals surface area contributed by atoms with Crippen LogP contribution in [-0.2, 0) is 4.79 Å². The molecular formula is C16H19F3N2O. The number of amides is 1. The number of hydrogen-bond donors (Lipinski definition) is 0. The molecule has 0 saturated heterocycles. The van der Waals surface area contributed by atoms with Gasteiger partial charge in [0.15, 0.2) is 0 Å². The van der Waals surface area contributed by atoms with Gasteiger partial charge in [0.05, 0.1) is 0 Å². The number of pyridine rings is 1. The van der Waals surface area contributed by atoms with Crippen LogP contribution < -0.4 is 4.90 Å². The van der Waals surface area contributed by atoms with Crippen molar-refractivity contribution in [3.8, 4) is 0 Å². The Balaban J connectivity index is 1.72. The predicted molar refractivity (Wildman–Crippen MR) is 76.2 cm³/mol. The lowest BCUT2D eigenvalue weighted by atomic mass is 9.86. The highest BCUT2D eigenvalue weighted by atomic mass is 19.4. The van der Waals surface area contributed by atoms with Crippen molar-refractivity contribution in [2.45, 2.75) is 38.3 Å². The van der Waals surface area contributed by atoms with Crippen LogP contribution in [0.3, 0.4) is 0 Å². The van der Waals surface area contributed by atoms with Crippen LogP contribution >= 0.6 is 0 Å². The van der Waals surface area contributed by atoms with Gasteiger partial charge < -0.3 is 0 Å². The minimum atomic E-state index is -4.43. The van der Waals surface area contributed by atoms with Crippen molar-refractivity contribution in [2.75, 3.05) is 11.4 Å². The zero-order valence-electron chi connectivity index (χ0n) is 12.2. The van der Waals surface area contributed by atoms with Gasteiger partial charge >= 0.3 is 6.18 Å². The fraction of sp³-hybridized carbons (Fsp3) is 0.625. The van der Waals surface area contributed by atoms with E-state index in [4.69, 9.17) is 0 Å². The molecule has 22 heavy (non-hydrogen) atoms. The van der Waals surface area contributed by atoms with E-state index < -0.39 is 18.6 Å². The molecule has 2 aliphatic carbocycles. The van der Waals surface area contributed by atoms with Gasteiger partial charge in [0.1, 0.15) is 12.4 Å². The second kappa shape index (κ2) is 5.89. The molecule has 0 unspecified atom stereocenters. The van der Waals surface area contributed by atoms with Gasteiger partial charge in [-0.2, -0.15) is 13.2 Å². The summed E-state index contributed by atoms with van der Waals surface area (Å²) in [6.07, 6.45) is 1.63. The molecule has 1 heterocycles. The first-order chi connectivity index (χ1) is 10.4. The average molecular weight is 312 g/mol. The summed E-state index contributed by atoms with van der Waals surface area (Å²) in [7, 11) is 0. The molecule has 120 valence electrons. The summed E-state index contributed by atoms with van der Waals surface area (Å²) in [6.45, 7) is -1.27. The quantitative estimate of drug-likeness (QED) is 0.847. The van der Waals surface area contributed by atoms with Gasteiger partial charge in [-0.25, -0.2) is 4.98 Å². The number of alkyl halides is 3. The van der Waals surface area contributed by atoms with E-state index in [1.54, 1.807) is 12.1 Å². The molecule has 6 heteroatoms. The molecule has 2 saturated carbocycles. The Morgan fingerprint density at radius 3 is 2.64 bits per heavy atom. The molecule has 3 rings (SSSR count). The van der Waals surface area contributed by atoms with Crippen LogP contribution in [0.15, 0.2) is 24.4 Å². The molecule has 0 aromatic carbocycles. The summed E-state index contributed by atoms with van der Waals surface area (Å²) in [5.74, 6) is 1.05. The molecule has 1 amide bonds. The summed E-state index contributed by atoms with van der Waals surface area (Å²) in [5.41, 5.74) is 0. The molecule has 0 N–H and O–H groups in total. The van der Waals surface area contributed by atoms with Crippen LogP contribution in [0, 0.1) is 17.8 Å². The summed E-state index contributed by atoms with van der Waals surface area (Å²) in [5, 5.41) is 0. The van der Waals surface area contributed by atoms with E-state index >= 15 is 0 Å². The molecule has 1 aromatic rings. The van der Waals surface area contributed by atoms with Crippen molar-refractivity contribution in [1.82, 2.24) is 4.98 Å². The van der Waals surface area contributed by atoms with E-state index in [2.05, 4.69) is 4.98 Å². The minimum Gasteiger partial charge on any atom is -0.288 e. The van der Waals surface area contributed by atoms with Gasteiger partial charge in [-0.05, 0) is 49.1 Å². The lowest BCUT2D eigenvalue weighted by Crippen LogP contribution is -2.40. The van der Waals surface area contributed by atoms with Crippen LogP contribution in [0.1, 0.15) is 32.1 Å². The third-order valence-electron chi connectivity index (χ3n) is 4.89. The smallest absolute Gasteiger partial charge is 0.288 e. The lowest BCUT2D eigenvalue weighted by Gasteiger charge is -2.27. The summed E-state index contributed by atoms with van der Waals surface area (Å²) in [4.78, 5) is 17.1. The Morgan fingerprint density at radius 1 is 1.27 bits per heavy atom. The van der Waals surface area contributed by atoms with Crippen molar-refractivity contribution in [1.29, 1.82) is 0 Å². The van der Waals surface area contributed by atoms with E-state index in [0.717, 1.165) is 24.2 Å². The van der Waals surface area contributed by atoms with E-state index in [-0.39, 0.29) is 18.2 Å². The normalized spacial score (nSPS) is 27.1. The number of fused-ring (bicyclic) bond motifs is 2. The lowest BCUT2D eigenvalue weighted by molar-refractivity contribution is -0.133. The Hall–Kier alpha value is -1.59. The first-order valence-corrected chi connectivity index (χ1v) is 7.70. The first-order valence-electron chi connectivity index (χ1n) is 7.70. The first kappa shape index (κ1) is 15.3. The number of halogens is 3. The zero-order valence-corrected chi connectivity index (χ0v) is 12.2. The standard InChI is InChI=1S/C16H19F3N2O/c17-16(18,19)10-21(14-3-1-2-6-20-14)15(22)9-13-8-11-4-5-12(13)7-11/h1-3,6,11-13H,4-5,7-10H2/t11-,12-,13-/m0/s1. The number of anilines is 1. The predicted octanol–water partition coefficient (Wildman–Crippen LogP) is 3.80.